The van der Waals surface area contributed by atoms with Crippen LogP contribution in [0.2, 0.25) is 0 Å². The molecule has 15 amide bonds. The van der Waals surface area contributed by atoms with Crippen LogP contribution >= 0.6 is 11.8 Å². The average molecular weight is 1850 g/mol. The normalized spacial score (nSPS) is 22.8. The van der Waals surface area contributed by atoms with Crippen LogP contribution in [0.4, 0.5) is 13.2 Å². The van der Waals surface area contributed by atoms with Crippen molar-refractivity contribution in [3.63, 3.8) is 0 Å². The number of H-pyrrole nitrogens is 1. The van der Waals surface area contributed by atoms with Gasteiger partial charge >= 0.3 is 5.97 Å². The first kappa shape index (κ1) is 103. The second-order valence-electron chi connectivity index (χ2n) is 32.8. The number of aromatic nitrogens is 1. The van der Waals surface area contributed by atoms with Crippen LogP contribution in [-0.2, 0) is 115 Å². The number of amides is 15. The van der Waals surface area contributed by atoms with Gasteiger partial charge in [-0.1, -0.05) is 117 Å². The molecular weight excluding hydrogens is 1740 g/mol. The molecule has 7 aromatic rings. The molecule has 1 aromatic heterocycles. The summed E-state index contributed by atoms with van der Waals surface area (Å²) in [6, 6.07) is 14.4. The van der Waals surface area contributed by atoms with Gasteiger partial charge in [-0.25, -0.2) is 13.2 Å². The van der Waals surface area contributed by atoms with E-state index >= 15 is 47.1 Å². The van der Waals surface area contributed by atoms with Crippen LogP contribution in [0.1, 0.15) is 93.7 Å². The third-order valence-electron chi connectivity index (χ3n) is 22.9. The molecule has 0 aliphatic carbocycles. The Bertz CT molecular complexity index is 5270. The number of aliphatic carboxylic acids is 1. The first-order chi connectivity index (χ1) is 62.5. The number of nitrogens with one attached hydrogen (secondary N) is 10. The van der Waals surface area contributed by atoms with Gasteiger partial charge in [-0.2, -0.15) is 0 Å². The number of hydrogen-bond acceptors (Lipinski definition) is 20. The number of carboxylic acid groups (broad SMARTS) is 1. The molecule has 17 N–H and O–H groups in total. The molecular formula is C92H114F3N17O19S. The van der Waals surface area contributed by atoms with Crippen molar-refractivity contribution in [2.75, 3.05) is 59.8 Å². The third kappa shape index (κ3) is 29.0. The maximum atomic E-state index is 15.5. The number of likely N-dealkylation sites (N-methyl/N-ethyl adjacent to an activating group) is 5. The smallest absolute Gasteiger partial charge is 0.303 e. The Hall–Kier alpha value is -13.9. The number of aromatic amines is 1. The molecule has 1 saturated heterocycles. The number of carbonyl (C=O) groups is 16. The van der Waals surface area contributed by atoms with Crippen molar-refractivity contribution in [1.82, 2.24) is 77.3 Å². The van der Waals surface area contributed by atoms with Crippen LogP contribution in [0.3, 0.4) is 0 Å². The largest absolute Gasteiger partial charge is 0.508 e. The van der Waals surface area contributed by atoms with Crippen LogP contribution in [-0.4, -0.2) is 278 Å². The molecule has 8 rings (SSSR count). The molecule has 1 fully saturated rings. The van der Waals surface area contributed by atoms with Gasteiger partial charge in [-0.15, -0.1) is 11.8 Å². The highest BCUT2D eigenvalue weighted by Crippen LogP contribution is 2.25. The van der Waals surface area contributed by atoms with Gasteiger partial charge in [-0.3, -0.25) is 76.7 Å². The number of halogens is 3. The fraction of sp³-hybridized carbons (Fsp3) is 0.413. The first-order valence-corrected chi connectivity index (χ1v) is 43.8. The van der Waals surface area contributed by atoms with Gasteiger partial charge in [0.1, 0.15) is 90.0 Å². The molecule has 13 atom stereocenters. The fourth-order valence-corrected chi connectivity index (χ4v) is 15.6. The van der Waals surface area contributed by atoms with E-state index in [1.165, 1.54) is 97.5 Å². The second-order valence-corrected chi connectivity index (χ2v) is 33.9. The highest BCUT2D eigenvalue weighted by Gasteiger charge is 2.43. The van der Waals surface area contributed by atoms with E-state index in [0.717, 1.165) is 31.5 Å². The van der Waals surface area contributed by atoms with Gasteiger partial charge < -0.3 is 104 Å². The summed E-state index contributed by atoms with van der Waals surface area (Å²) >= 11 is 0.647. The zero-order valence-electron chi connectivity index (χ0n) is 74.7. The Morgan fingerprint density at radius 2 is 0.909 bits per heavy atom. The Morgan fingerprint density at radius 3 is 1.46 bits per heavy atom. The van der Waals surface area contributed by atoms with Crippen molar-refractivity contribution in [1.29, 1.82) is 0 Å². The van der Waals surface area contributed by atoms with E-state index in [1.807, 2.05) is 0 Å². The van der Waals surface area contributed by atoms with E-state index in [0.29, 0.717) is 62.6 Å². The molecule has 132 heavy (non-hydrogen) atoms. The van der Waals surface area contributed by atoms with E-state index < -0.39 is 234 Å². The van der Waals surface area contributed by atoms with Crippen LogP contribution in [0.5, 0.6) is 11.5 Å². The van der Waals surface area contributed by atoms with E-state index in [9.17, 15) is 58.1 Å². The number of phenols is 2. The molecule has 0 saturated carbocycles. The Labute approximate surface area is 764 Å². The quantitative estimate of drug-likeness (QED) is 0.0427. The summed E-state index contributed by atoms with van der Waals surface area (Å²) in [6.45, 7) is 6.11. The number of phenolic OH excluding ortho intramolecular Hbond substituents is 2. The van der Waals surface area contributed by atoms with Gasteiger partial charge in [0, 0.05) is 103 Å². The number of aromatic hydroxyl groups is 2. The monoisotopic (exact) mass is 1850 g/mol. The minimum Gasteiger partial charge on any atom is -0.508 e. The lowest BCUT2D eigenvalue weighted by Crippen LogP contribution is -2.62. The lowest BCUT2D eigenvalue weighted by atomic mass is 9.98. The fourth-order valence-electron chi connectivity index (χ4n) is 14.7. The van der Waals surface area contributed by atoms with Gasteiger partial charge in [0.05, 0.1) is 12.3 Å². The number of hydrogen-bond donors (Lipinski definition) is 15. The number of nitrogens with two attached hydrogens (primary N) is 2. The minimum absolute atomic E-state index is 0.0227. The third-order valence-corrected chi connectivity index (χ3v) is 24.0. The number of para-hydroxylation sites is 1. The number of benzene rings is 6. The molecule has 0 bridgehead atoms. The van der Waals surface area contributed by atoms with Crippen molar-refractivity contribution in [3.05, 3.63) is 203 Å². The first-order valence-electron chi connectivity index (χ1n) is 42.7. The number of primary amides is 1. The lowest BCUT2D eigenvalue weighted by Gasteiger charge is -2.36. The average Bonchev–Trinajstić information content (AvgIpc) is 1.81. The highest BCUT2D eigenvalue weighted by molar-refractivity contribution is 8.00. The van der Waals surface area contributed by atoms with Crippen molar-refractivity contribution in [2.45, 2.75) is 177 Å². The van der Waals surface area contributed by atoms with Crippen LogP contribution in [0.15, 0.2) is 152 Å². The number of carboxylic acids is 1. The summed E-state index contributed by atoms with van der Waals surface area (Å²) in [5.74, 6) is -24.1. The van der Waals surface area contributed by atoms with Crippen molar-refractivity contribution < 1.29 is 105 Å². The minimum atomic E-state index is -1.88. The van der Waals surface area contributed by atoms with E-state index in [1.54, 1.807) is 105 Å². The van der Waals surface area contributed by atoms with Crippen molar-refractivity contribution in [2.24, 2.45) is 17.4 Å². The molecule has 0 unspecified atom stereocenters. The molecule has 1 aliphatic heterocycles. The highest BCUT2D eigenvalue weighted by atomic mass is 32.2. The van der Waals surface area contributed by atoms with Gasteiger partial charge in [0.2, 0.25) is 88.6 Å². The number of carbonyl (C=O) groups excluding carboxylic acids is 15. The summed E-state index contributed by atoms with van der Waals surface area (Å²) in [7, 11) is 6.06. The molecule has 2 heterocycles. The maximum Gasteiger partial charge on any atom is 0.303 e. The van der Waals surface area contributed by atoms with Gasteiger partial charge in [0.15, 0.2) is 17.5 Å². The SMILES string of the molecule is CC(C)[C@@H]1NC(=O)[C@H](CCC(=O)O)NC(=O)[C@@H](C)N(C)C(=O)[C@H](C)N(C)C(=O)[C@H](Cc2ccccc2)N(C)C(=O)[C@@H](Cc2cc(F)c(F)c(F)c2)NC(=O)CSC[C@@H](C(=O)NCC(N)=O)NC(=O)[C@H](CCCN)NC(=O)[C@H](Cc2ccc(O)cc2)NC(=O)[C@H](Cc2c[nH]c3ccccc23)NC(=O)[C@@H](C)N(C)C(=O)[C@@H](Cc2ccc(O)cc2)NC(=O)[C@H](Cc2ccccc2)N(C)C1=O. The summed E-state index contributed by atoms with van der Waals surface area (Å²) in [4.78, 5) is 243. The zero-order valence-corrected chi connectivity index (χ0v) is 75.5. The van der Waals surface area contributed by atoms with Gasteiger partial charge in [0.25, 0.3) is 0 Å². The molecule has 1 aliphatic rings. The number of rotatable bonds is 22. The molecule has 6 aromatic carbocycles. The van der Waals surface area contributed by atoms with Crippen molar-refractivity contribution in [3.8, 4) is 11.5 Å². The Kier molecular flexibility index (Phi) is 38.1. The van der Waals surface area contributed by atoms with Crippen LogP contribution in [0, 0.1) is 23.4 Å². The topological polar surface area (TPSA) is 526 Å². The number of nitrogens with zero attached hydrogens (tertiary/aromatic N) is 5. The summed E-state index contributed by atoms with van der Waals surface area (Å²) < 4.78 is 44.8. The predicted molar refractivity (Wildman–Crippen MR) is 481 cm³/mol. The van der Waals surface area contributed by atoms with Crippen LogP contribution in [0.25, 0.3) is 10.9 Å². The lowest BCUT2D eigenvalue weighted by molar-refractivity contribution is -0.151. The maximum absolute atomic E-state index is 15.5. The molecule has 36 nitrogen and oxygen atoms in total. The Morgan fingerprint density at radius 1 is 0.470 bits per heavy atom. The number of fused-ring (bicyclic) bond motifs is 1. The summed E-state index contributed by atoms with van der Waals surface area (Å²) in [5, 5.41) is 54.8. The van der Waals surface area contributed by atoms with Crippen molar-refractivity contribution >= 4 is 117 Å². The zero-order chi connectivity index (χ0) is 97.1. The number of thioether (sulfide) groups is 1. The van der Waals surface area contributed by atoms with Gasteiger partial charge in [-0.05, 0) is 128 Å². The molecule has 40 heteroatoms. The van der Waals surface area contributed by atoms with Crippen LogP contribution < -0.4 is 59.3 Å². The second kappa shape index (κ2) is 48.6. The summed E-state index contributed by atoms with van der Waals surface area (Å²) in [5.41, 5.74) is 13.8. The van der Waals surface area contributed by atoms with E-state index in [2.05, 4.69) is 52.8 Å². The standard InChI is InChI=1S/C92H114F3N17O19S/c1-50(2)79-92(131)111(9)73(43-54-20-13-11-14-21-54)87(126)105-71(41-57-29-33-61(114)34-30-57)89(128)109(7)52(4)81(120)103-69(45-59-46-98-65-25-18-17-24-62(59)65)86(125)104-68(40-56-27-31-60(113)32-28-56)85(124)102-66(26-19-37-96)83(122)106-72(82(121)99-47-75(97)115)48-132-49-76(116)100-70(42-58-38-63(93)78(95)64(94)39-58)90(129)112(10)74(44-55-22-15-12-16-23-55)91(130)110(8)53(5)88(127)108(6)51(3)80(119)101-67(84(123)107-79)35-36-77(117)118/h11-18,20-25,27-34,38-39,46,50-53,66-74,79,98,113-114H,19,26,35-37,40-45,47-49,96H2,1-10H3,(H2,97,115)(H,99,121)(H,100,116)(H,101,119)(H,102,124)(H,103,120)(H,104,125)(H,105,126)(H,106,122)(H,107,123)(H,117,118)/t51-,52-,53+,66+,67+,68+,69+,70-,71-,72+,73+,74+,79+/m1/s1. The predicted octanol–water partition coefficient (Wildman–Crippen LogP) is 1.43. The Balaban J connectivity index is 1.23. The van der Waals surface area contributed by atoms with E-state index in [-0.39, 0.29) is 68.6 Å². The molecule has 0 radical (unpaired) electrons. The van der Waals surface area contributed by atoms with E-state index in [4.69, 9.17) is 11.5 Å². The molecule has 0 spiro atoms. The molecule has 708 valence electrons. The summed E-state index contributed by atoms with van der Waals surface area (Å²) in [6.07, 6.45) is -2.29.